The molecule has 1 aromatic carbocycles. The molecular formula is C15H22FN. The van der Waals surface area contributed by atoms with Gasteiger partial charge in [-0.2, -0.15) is 0 Å². The van der Waals surface area contributed by atoms with Crippen LogP contribution in [0, 0.1) is 25.6 Å². The van der Waals surface area contributed by atoms with Crippen LogP contribution in [0.2, 0.25) is 0 Å². The molecule has 0 saturated heterocycles. The van der Waals surface area contributed by atoms with E-state index in [9.17, 15) is 4.39 Å². The fraction of sp³-hybridized carbons (Fsp3) is 0.600. The quantitative estimate of drug-likeness (QED) is 0.816. The monoisotopic (exact) mass is 235 g/mol. The Kier molecular flexibility index (Phi) is 3.82. The molecular weight excluding hydrogens is 213 g/mol. The van der Waals surface area contributed by atoms with Crippen molar-refractivity contribution >= 4 is 0 Å². The van der Waals surface area contributed by atoms with Crippen LogP contribution < -0.4 is 5.32 Å². The van der Waals surface area contributed by atoms with Crippen LogP contribution in [0.25, 0.3) is 0 Å². The number of benzene rings is 1. The molecule has 0 radical (unpaired) electrons. The molecule has 1 saturated carbocycles. The predicted molar refractivity (Wildman–Crippen MR) is 69.6 cm³/mol. The minimum atomic E-state index is -0.0389. The number of nitrogens with one attached hydrogen (secondary N) is 1. The van der Waals surface area contributed by atoms with Gasteiger partial charge in [-0.3, -0.25) is 0 Å². The van der Waals surface area contributed by atoms with E-state index in [1.165, 1.54) is 12.8 Å². The van der Waals surface area contributed by atoms with Crippen molar-refractivity contribution in [1.82, 2.24) is 5.32 Å². The van der Waals surface area contributed by atoms with Gasteiger partial charge in [-0.25, -0.2) is 4.39 Å². The number of aryl methyl sites for hydroxylation is 2. The maximum absolute atomic E-state index is 14.1. The van der Waals surface area contributed by atoms with Crippen molar-refractivity contribution in [3.8, 4) is 0 Å². The molecule has 0 amide bonds. The van der Waals surface area contributed by atoms with Crippen molar-refractivity contribution in [3.63, 3.8) is 0 Å². The first kappa shape index (κ1) is 12.6. The molecule has 1 aliphatic rings. The van der Waals surface area contributed by atoms with Crippen LogP contribution >= 0.6 is 0 Å². The second-order valence-electron chi connectivity index (χ2n) is 5.25. The lowest BCUT2D eigenvalue weighted by atomic mass is 9.95. The van der Waals surface area contributed by atoms with E-state index in [-0.39, 0.29) is 11.9 Å². The highest BCUT2D eigenvalue weighted by Crippen LogP contribution is 2.42. The van der Waals surface area contributed by atoms with Crippen LogP contribution in [0.1, 0.15) is 48.9 Å². The average molecular weight is 235 g/mol. The summed E-state index contributed by atoms with van der Waals surface area (Å²) in [7, 11) is 0. The lowest BCUT2D eigenvalue weighted by Crippen LogP contribution is -2.25. The summed E-state index contributed by atoms with van der Waals surface area (Å²) < 4.78 is 14.1. The van der Waals surface area contributed by atoms with Crippen molar-refractivity contribution in [2.24, 2.45) is 5.92 Å². The first-order chi connectivity index (χ1) is 8.13. The highest BCUT2D eigenvalue weighted by atomic mass is 19.1. The zero-order valence-electron chi connectivity index (χ0n) is 11.0. The maximum atomic E-state index is 14.1. The molecule has 1 N–H and O–H groups in total. The van der Waals surface area contributed by atoms with Crippen LogP contribution in [0.3, 0.4) is 0 Å². The second kappa shape index (κ2) is 5.18. The van der Waals surface area contributed by atoms with Crippen molar-refractivity contribution < 1.29 is 4.39 Å². The first-order valence-corrected chi connectivity index (χ1v) is 6.63. The predicted octanol–water partition coefficient (Wildman–Crippen LogP) is 3.89. The van der Waals surface area contributed by atoms with E-state index < -0.39 is 0 Å². The third-order valence-electron chi connectivity index (χ3n) is 3.50. The Labute approximate surface area is 103 Å². The Bertz CT molecular complexity index is 373. The van der Waals surface area contributed by atoms with Gasteiger partial charge in [0.15, 0.2) is 0 Å². The Hall–Kier alpha value is -0.890. The Morgan fingerprint density at radius 3 is 2.59 bits per heavy atom. The summed E-state index contributed by atoms with van der Waals surface area (Å²) in [6, 6.07) is 3.96. The standard InChI is InChI=1S/C15H22FN/c1-4-7-17-15(12-5-6-12)14-11(3)8-10(2)9-13(14)16/h8-9,12,15,17H,4-7H2,1-3H3. The third-order valence-corrected chi connectivity index (χ3v) is 3.50. The number of halogens is 1. The van der Waals surface area contributed by atoms with Crippen LogP contribution in [0.15, 0.2) is 12.1 Å². The van der Waals surface area contributed by atoms with E-state index in [2.05, 4.69) is 18.3 Å². The maximum Gasteiger partial charge on any atom is 0.128 e. The molecule has 0 heterocycles. The minimum Gasteiger partial charge on any atom is -0.310 e. The third kappa shape index (κ3) is 2.86. The van der Waals surface area contributed by atoms with E-state index in [0.29, 0.717) is 5.92 Å². The van der Waals surface area contributed by atoms with Gasteiger partial charge in [-0.05, 0) is 62.8 Å². The molecule has 0 spiro atoms. The zero-order chi connectivity index (χ0) is 12.4. The number of rotatable bonds is 5. The topological polar surface area (TPSA) is 12.0 Å². The summed E-state index contributed by atoms with van der Waals surface area (Å²) in [4.78, 5) is 0. The van der Waals surface area contributed by atoms with Gasteiger partial charge in [0.1, 0.15) is 5.82 Å². The average Bonchev–Trinajstić information content (AvgIpc) is 3.05. The summed E-state index contributed by atoms with van der Waals surface area (Å²) in [5.74, 6) is 0.598. The van der Waals surface area contributed by atoms with Crippen LogP contribution in [-0.2, 0) is 0 Å². The molecule has 1 fully saturated rings. The summed E-state index contributed by atoms with van der Waals surface area (Å²) in [5, 5.41) is 3.51. The van der Waals surface area contributed by atoms with Gasteiger partial charge >= 0.3 is 0 Å². The zero-order valence-corrected chi connectivity index (χ0v) is 11.0. The largest absolute Gasteiger partial charge is 0.310 e. The van der Waals surface area contributed by atoms with Gasteiger partial charge in [0.25, 0.3) is 0 Å². The molecule has 1 nitrogen and oxygen atoms in total. The molecule has 0 aromatic heterocycles. The van der Waals surface area contributed by atoms with Gasteiger partial charge < -0.3 is 5.32 Å². The van der Waals surface area contributed by atoms with Crippen LogP contribution in [0.5, 0.6) is 0 Å². The Morgan fingerprint density at radius 1 is 1.35 bits per heavy atom. The fourth-order valence-electron chi connectivity index (χ4n) is 2.55. The first-order valence-electron chi connectivity index (χ1n) is 6.63. The van der Waals surface area contributed by atoms with E-state index >= 15 is 0 Å². The van der Waals surface area contributed by atoms with E-state index in [1.54, 1.807) is 6.07 Å². The molecule has 17 heavy (non-hydrogen) atoms. The molecule has 2 heteroatoms. The SMILES string of the molecule is CCCNC(c1c(C)cc(C)cc1F)C1CC1. The van der Waals surface area contributed by atoms with Gasteiger partial charge in [-0.15, -0.1) is 0 Å². The number of hydrogen-bond acceptors (Lipinski definition) is 1. The highest BCUT2D eigenvalue weighted by molar-refractivity contribution is 5.35. The fourth-order valence-corrected chi connectivity index (χ4v) is 2.55. The summed E-state index contributed by atoms with van der Waals surface area (Å²) >= 11 is 0. The number of hydrogen-bond donors (Lipinski definition) is 1. The lowest BCUT2D eigenvalue weighted by molar-refractivity contribution is 0.455. The van der Waals surface area contributed by atoms with Gasteiger partial charge in [0.2, 0.25) is 0 Å². The van der Waals surface area contributed by atoms with Crippen molar-refractivity contribution in [2.45, 2.75) is 46.1 Å². The van der Waals surface area contributed by atoms with Crippen molar-refractivity contribution in [1.29, 1.82) is 0 Å². The Morgan fingerprint density at radius 2 is 2.06 bits per heavy atom. The van der Waals surface area contributed by atoms with Gasteiger partial charge in [-0.1, -0.05) is 13.0 Å². The van der Waals surface area contributed by atoms with E-state index in [4.69, 9.17) is 0 Å². The lowest BCUT2D eigenvalue weighted by Gasteiger charge is -2.21. The summed E-state index contributed by atoms with van der Waals surface area (Å²) in [6.45, 7) is 7.09. The van der Waals surface area contributed by atoms with Gasteiger partial charge in [0, 0.05) is 11.6 Å². The molecule has 0 aliphatic heterocycles. The van der Waals surface area contributed by atoms with Crippen LogP contribution in [-0.4, -0.2) is 6.54 Å². The molecule has 1 aliphatic carbocycles. The van der Waals surface area contributed by atoms with E-state index in [0.717, 1.165) is 29.7 Å². The van der Waals surface area contributed by atoms with E-state index in [1.807, 2.05) is 13.8 Å². The van der Waals surface area contributed by atoms with Gasteiger partial charge in [0.05, 0.1) is 0 Å². The highest BCUT2D eigenvalue weighted by Gasteiger charge is 2.34. The minimum absolute atomic E-state index is 0.0389. The normalized spacial score (nSPS) is 17.2. The van der Waals surface area contributed by atoms with Crippen molar-refractivity contribution in [2.75, 3.05) is 6.54 Å². The van der Waals surface area contributed by atoms with Crippen molar-refractivity contribution in [3.05, 3.63) is 34.6 Å². The Balaban J connectivity index is 2.28. The molecule has 1 aromatic rings. The second-order valence-corrected chi connectivity index (χ2v) is 5.25. The van der Waals surface area contributed by atoms with Crippen LogP contribution in [0.4, 0.5) is 4.39 Å². The molecule has 2 rings (SSSR count). The smallest absolute Gasteiger partial charge is 0.128 e. The molecule has 1 atom stereocenters. The molecule has 1 unspecified atom stereocenters. The molecule has 94 valence electrons. The summed E-state index contributed by atoms with van der Waals surface area (Å²) in [5.41, 5.74) is 2.99. The summed E-state index contributed by atoms with van der Waals surface area (Å²) in [6.07, 6.45) is 3.55. The molecule has 0 bridgehead atoms.